The van der Waals surface area contributed by atoms with E-state index < -0.39 is 0 Å². The second-order valence-electron chi connectivity index (χ2n) is 4.44. The number of halogens is 2. The largest absolute Gasteiger partial charge is 0.326 e. The predicted molar refractivity (Wildman–Crippen MR) is 92.0 cm³/mol. The molecule has 3 nitrogen and oxygen atoms in total. The van der Waals surface area contributed by atoms with Gasteiger partial charge in [-0.05, 0) is 62.5 Å². The van der Waals surface area contributed by atoms with E-state index in [9.17, 15) is 0 Å². The summed E-state index contributed by atoms with van der Waals surface area (Å²) in [5, 5.41) is 0. The van der Waals surface area contributed by atoms with E-state index in [1.807, 2.05) is 0 Å². The predicted octanol–water partition coefficient (Wildman–Crippen LogP) is 4.77. The molecule has 3 rings (SSSR count). The van der Waals surface area contributed by atoms with E-state index in [0.717, 1.165) is 42.1 Å². The van der Waals surface area contributed by atoms with Crippen LogP contribution < -0.4 is 5.73 Å². The van der Waals surface area contributed by atoms with Gasteiger partial charge in [0, 0.05) is 17.6 Å². The summed E-state index contributed by atoms with van der Waals surface area (Å²) in [4.78, 5) is 5.94. The third-order valence-corrected chi connectivity index (χ3v) is 6.48. The minimum atomic E-state index is 0.542. The molecule has 0 aliphatic heterocycles. The molecule has 2 heterocycles. The molecule has 20 heavy (non-hydrogen) atoms. The summed E-state index contributed by atoms with van der Waals surface area (Å²) in [5.74, 6) is 1.01. The molecule has 0 saturated carbocycles. The average Bonchev–Trinajstić information content (AvgIpc) is 2.98. The Morgan fingerprint density at radius 3 is 2.70 bits per heavy atom. The van der Waals surface area contributed by atoms with Crippen molar-refractivity contribution < 1.29 is 0 Å². The van der Waals surface area contributed by atoms with E-state index in [1.54, 1.807) is 11.3 Å². The van der Waals surface area contributed by atoms with Crippen LogP contribution in [0.15, 0.2) is 32.5 Å². The van der Waals surface area contributed by atoms with Crippen LogP contribution in [0.4, 0.5) is 0 Å². The van der Waals surface area contributed by atoms with Gasteiger partial charge in [0.05, 0.1) is 19.7 Å². The average molecular weight is 415 g/mol. The van der Waals surface area contributed by atoms with Crippen LogP contribution in [0.25, 0.3) is 21.7 Å². The van der Waals surface area contributed by atoms with Crippen molar-refractivity contribution in [3.63, 3.8) is 0 Å². The van der Waals surface area contributed by atoms with Gasteiger partial charge in [-0.2, -0.15) is 0 Å². The van der Waals surface area contributed by atoms with Gasteiger partial charge in [0.15, 0.2) is 5.82 Å². The van der Waals surface area contributed by atoms with Crippen molar-refractivity contribution in [1.82, 2.24) is 9.55 Å². The van der Waals surface area contributed by atoms with Crippen LogP contribution >= 0.6 is 43.2 Å². The molecule has 0 atom stereocenters. The second kappa shape index (κ2) is 5.60. The van der Waals surface area contributed by atoms with Crippen LogP contribution in [0, 0.1) is 0 Å². The first-order valence-electron chi connectivity index (χ1n) is 6.28. The second-order valence-corrected chi connectivity index (χ2v) is 7.66. The third-order valence-electron chi connectivity index (χ3n) is 3.23. The summed E-state index contributed by atoms with van der Waals surface area (Å²) in [7, 11) is 0. The molecule has 2 N–H and O–H groups in total. The van der Waals surface area contributed by atoms with E-state index in [-0.39, 0.29) is 0 Å². The van der Waals surface area contributed by atoms with E-state index in [4.69, 9.17) is 10.7 Å². The Morgan fingerprint density at radius 2 is 2.10 bits per heavy atom. The van der Waals surface area contributed by atoms with E-state index in [1.165, 1.54) is 0 Å². The fourth-order valence-corrected chi connectivity index (χ4v) is 4.30. The van der Waals surface area contributed by atoms with Gasteiger partial charge in [0.25, 0.3) is 0 Å². The summed E-state index contributed by atoms with van der Waals surface area (Å²) in [6, 6.07) is 8.35. The van der Waals surface area contributed by atoms with Crippen LogP contribution in [-0.2, 0) is 13.1 Å². The zero-order chi connectivity index (χ0) is 14.3. The Bertz CT molecular complexity index is 757. The maximum atomic E-state index is 5.71. The van der Waals surface area contributed by atoms with Crippen molar-refractivity contribution in [1.29, 1.82) is 0 Å². The summed E-state index contributed by atoms with van der Waals surface area (Å²) in [6.45, 7) is 3.57. The quantitative estimate of drug-likeness (QED) is 0.670. The lowest BCUT2D eigenvalue weighted by Crippen LogP contribution is -1.97. The molecule has 104 valence electrons. The smallest absolute Gasteiger partial charge is 0.151 e. The number of nitrogens with two attached hydrogens (primary N) is 1. The molecule has 1 aromatic carbocycles. The van der Waals surface area contributed by atoms with Gasteiger partial charge in [-0.25, -0.2) is 4.98 Å². The zero-order valence-corrected chi connectivity index (χ0v) is 14.8. The summed E-state index contributed by atoms with van der Waals surface area (Å²) in [5.41, 5.74) is 8.98. The van der Waals surface area contributed by atoms with E-state index in [2.05, 4.69) is 67.6 Å². The number of hydrogen-bond acceptors (Lipinski definition) is 3. The lowest BCUT2D eigenvalue weighted by atomic mass is 10.2. The highest BCUT2D eigenvalue weighted by Gasteiger charge is 2.15. The fraction of sp³-hybridized carbons (Fsp3) is 0.214. The van der Waals surface area contributed by atoms with Crippen molar-refractivity contribution in [3.05, 3.63) is 38.1 Å². The highest BCUT2D eigenvalue weighted by atomic mass is 79.9. The van der Waals surface area contributed by atoms with Crippen LogP contribution in [-0.4, -0.2) is 9.55 Å². The Balaban J connectivity index is 2.24. The fourth-order valence-electron chi connectivity index (χ4n) is 2.27. The highest BCUT2D eigenvalue weighted by molar-refractivity contribution is 9.13. The number of imidazole rings is 1. The van der Waals surface area contributed by atoms with Crippen molar-refractivity contribution in [3.8, 4) is 10.7 Å². The standard InChI is InChI=1S/C14H13Br2N3S/c1-2-19-11-4-3-8(7-17)5-10(11)18-14(19)12-6-9(15)13(16)20-12/h3-6H,2,7,17H2,1H3. The number of benzene rings is 1. The molecule has 6 heteroatoms. The van der Waals surface area contributed by atoms with Crippen molar-refractivity contribution in [2.45, 2.75) is 20.0 Å². The molecule has 0 saturated heterocycles. The zero-order valence-electron chi connectivity index (χ0n) is 10.9. The maximum Gasteiger partial charge on any atom is 0.151 e. The molecule has 2 aromatic heterocycles. The van der Waals surface area contributed by atoms with Gasteiger partial charge in [-0.15, -0.1) is 11.3 Å². The van der Waals surface area contributed by atoms with Crippen molar-refractivity contribution in [2.75, 3.05) is 0 Å². The van der Waals surface area contributed by atoms with Crippen molar-refractivity contribution in [2.24, 2.45) is 5.73 Å². The van der Waals surface area contributed by atoms with Gasteiger partial charge in [-0.1, -0.05) is 6.07 Å². The van der Waals surface area contributed by atoms with Gasteiger partial charge in [0.2, 0.25) is 0 Å². The summed E-state index contributed by atoms with van der Waals surface area (Å²) >= 11 is 8.76. The molecular formula is C14H13Br2N3S. The van der Waals surface area contributed by atoms with Crippen LogP contribution in [0.1, 0.15) is 12.5 Å². The lowest BCUT2D eigenvalue weighted by molar-refractivity contribution is 0.798. The Hall–Kier alpha value is -0.690. The van der Waals surface area contributed by atoms with Gasteiger partial charge in [0.1, 0.15) is 0 Å². The van der Waals surface area contributed by atoms with Gasteiger partial charge < -0.3 is 10.3 Å². The number of thiophene rings is 1. The molecule has 0 aliphatic carbocycles. The Morgan fingerprint density at radius 1 is 1.30 bits per heavy atom. The highest BCUT2D eigenvalue weighted by Crippen LogP contribution is 2.38. The molecule has 0 spiro atoms. The lowest BCUT2D eigenvalue weighted by Gasteiger charge is -2.04. The molecule has 3 aromatic rings. The first kappa shape index (κ1) is 14.3. The summed E-state index contributed by atoms with van der Waals surface area (Å²) < 4.78 is 4.39. The maximum absolute atomic E-state index is 5.71. The number of rotatable bonds is 3. The minimum Gasteiger partial charge on any atom is -0.326 e. The van der Waals surface area contributed by atoms with E-state index >= 15 is 0 Å². The molecule has 0 fully saturated rings. The molecule has 0 bridgehead atoms. The Kier molecular flexibility index (Phi) is 3.99. The number of nitrogens with zero attached hydrogens (tertiary/aromatic N) is 2. The SMILES string of the molecule is CCn1c(-c2cc(Br)c(Br)s2)nc2cc(CN)ccc21. The van der Waals surface area contributed by atoms with E-state index in [0.29, 0.717) is 6.54 Å². The number of fused-ring (bicyclic) bond motifs is 1. The number of aromatic nitrogens is 2. The first-order valence-corrected chi connectivity index (χ1v) is 8.68. The molecular weight excluding hydrogens is 402 g/mol. The molecule has 0 unspecified atom stereocenters. The third kappa shape index (κ3) is 2.35. The normalized spacial score (nSPS) is 11.4. The van der Waals surface area contributed by atoms with Crippen LogP contribution in [0.3, 0.4) is 0 Å². The van der Waals surface area contributed by atoms with Gasteiger partial charge in [-0.3, -0.25) is 0 Å². The van der Waals surface area contributed by atoms with Crippen molar-refractivity contribution >= 4 is 54.2 Å². The van der Waals surface area contributed by atoms with Gasteiger partial charge >= 0.3 is 0 Å². The van der Waals surface area contributed by atoms with Crippen LogP contribution in [0.2, 0.25) is 0 Å². The molecule has 0 aliphatic rings. The summed E-state index contributed by atoms with van der Waals surface area (Å²) in [6.07, 6.45) is 0. The topological polar surface area (TPSA) is 43.8 Å². The Labute approximate surface area is 138 Å². The van der Waals surface area contributed by atoms with Crippen LogP contribution in [0.5, 0.6) is 0 Å². The number of hydrogen-bond donors (Lipinski definition) is 1. The monoisotopic (exact) mass is 413 g/mol. The molecule has 0 amide bonds. The number of aryl methyl sites for hydroxylation is 1. The first-order chi connectivity index (χ1) is 9.63. The molecule has 0 radical (unpaired) electrons. The minimum absolute atomic E-state index is 0.542.